The second-order valence-electron chi connectivity index (χ2n) is 4.98. The van der Waals surface area contributed by atoms with Crippen LogP contribution in [-0.4, -0.2) is 15.5 Å². The van der Waals surface area contributed by atoms with Gasteiger partial charge in [-0.2, -0.15) is 4.99 Å². The number of halogens is 1. The summed E-state index contributed by atoms with van der Waals surface area (Å²) in [5, 5.41) is 0. The number of thiazole rings is 2. The van der Waals surface area contributed by atoms with Crippen molar-refractivity contribution in [2.45, 2.75) is 0 Å². The van der Waals surface area contributed by atoms with Gasteiger partial charge in [-0.3, -0.25) is 4.79 Å². The predicted octanol–water partition coefficient (Wildman–Crippen LogP) is 3.73. The lowest BCUT2D eigenvalue weighted by molar-refractivity contribution is 0.0998. The number of nitrogens with zero attached hydrogens (tertiary/aromatic N) is 3. The van der Waals surface area contributed by atoms with Crippen LogP contribution in [0.15, 0.2) is 46.9 Å². The SMILES string of the molecule is Cn1c(=NC(=O)c2ccc3ncsc3c2)sc2cccc(F)c21. The quantitative estimate of drug-likeness (QED) is 0.529. The maximum Gasteiger partial charge on any atom is 0.279 e. The molecule has 0 spiro atoms. The first-order valence-electron chi connectivity index (χ1n) is 6.80. The van der Waals surface area contributed by atoms with E-state index in [0.29, 0.717) is 15.9 Å². The molecule has 0 radical (unpaired) electrons. The third-order valence-corrected chi connectivity index (χ3v) is 5.44. The first-order valence-corrected chi connectivity index (χ1v) is 8.49. The number of hydrogen-bond acceptors (Lipinski definition) is 4. The fourth-order valence-electron chi connectivity index (χ4n) is 2.40. The van der Waals surface area contributed by atoms with Crippen LogP contribution in [0, 0.1) is 5.82 Å². The Bertz CT molecular complexity index is 1120. The number of fused-ring (bicyclic) bond motifs is 2. The highest BCUT2D eigenvalue weighted by atomic mass is 32.1. The molecule has 2 heterocycles. The van der Waals surface area contributed by atoms with Crippen LogP contribution in [0.2, 0.25) is 0 Å². The Labute approximate surface area is 138 Å². The fraction of sp³-hybridized carbons (Fsp3) is 0.0625. The molecule has 4 nitrogen and oxygen atoms in total. The van der Waals surface area contributed by atoms with Gasteiger partial charge >= 0.3 is 0 Å². The highest BCUT2D eigenvalue weighted by Gasteiger charge is 2.10. The smallest absolute Gasteiger partial charge is 0.279 e. The van der Waals surface area contributed by atoms with E-state index < -0.39 is 0 Å². The van der Waals surface area contributed by atoms with Crippen molar-refractivity contribution in [3.05, 3.63) is 58.1 Å². The lowest BCUT2D eigenvalue weighted by Crippen LogP contribution is -2.13. The van der Waals surface area contributed by atoms with Gasteiger partial charge in [-0.15, -0.1) is 11.3 Å². The number of aromatic nitrogens is 2. The van der Waals surface area contributed by atoms with E-state index in [4.69, 9.17) is 0 Å². The van der Waals surface area contributed by atoms with Crippen LogP contribution in [-0.2, 0) is 7.05 Å². The van der Waals surface area contributed by atoms with Crippen LogP contribution in [0.3, 0.4) is 0 Å². The number of carbonyl (C=O) groups excluding carboxylic acids is 1. The van der Waals surface area contributed by atoms with Gasteiger partial charge in [0.25, 0.3) is 5.91 Å². The van der Waals surface area contributed by atoms with Crippen LogP contribution in [0.4, 0.5) is 4.39 Å². The van der Waals surface area contributed by atoms with Gasteiger partial charge in [0.15, 0.2) is 4.80 Å². The third-order valence-electron chi connectivity index (χ3n) is 3.55. The molecular formula is C16H10FN3OS2. The highest BCUT2D eigenvalue weighted by Crippen LogP contribution is 2.21. The van der Waals surface area contributed by atoms with E-state index >= 15 is 0 Å². The van der Waals surface area contributed by atoms with Crippen molar-refractivity contribution in [2.75, 3.05) is 0 Å². The topological polar surface area (TPSA) is 47.2 Å². The standard InChI is InChI=1S/C16H10FN3OS2/c1-20-14-10(17)3-2-4-12(14)23-16(20)19-15(21)9-5-6-11-13(7-9)22-8-18-11/h2-8H,1H3. The lowest BCUT2D eigenvalue weighted by atomic mass is 10.2. The number of amides is 1. The molecule has 0 saturated heterocycles. The lowest BCUT2D eigenvalue weighted by Gasteiger charge is -1.97. The second kappa shape index (κ2) is 5.36. The number of hydrogen-bond donors (Lipinski definition) is 0. The number of rotatable bonds is 1. The molecule has 0 bridgehead atoms. The van der Waals surface area contributed by atoms with Gasteiger partial charge in [0.2, 0.25) is 0 Å². The second-order valence-corrected chi connectivity index (χ2v) is 6.88. The first kappa shape index (κ1) is 14.2. The van der Waals surface area contributed by atoms with Gasteiger partial charge in [-0.05, 0) is 30.3 Å². The number of para-hydroxylation sites is 1. The Hall–Kier alpha value is -2.38. The summed E-state index contributed by atoms with van der Waals surface area (Å²) in [5.41, 5.74) is 3.56. The van der Waals surface area contributed by atoms with E-state index in [9.17, 15) is 9.18 Å². The molecular weight excluding hydrogens is 333 g/mol. The summed E-state index contributed by atoms with van der Waals surface area (Å²) in [4.78, 5) is 21.2. The minimum absolute atomic E-state index is 0.318. The zero-order chi connectivity index (χ0) is 16.0. The molecule has 23 heavy (non-hydrogen) atoms. The molecule has 2 aromatic heterocycles. The molecule has 0 fully saturated rings. The van der Waals surface area contributed by atoms with Crippen molar-refractivity contribution < 1.29 is 9.18 Å². The Balaban J connectivity index is 1.84. The number of carbonyl (C=O) groups is 1. The molecule has 0 aliphatic rings. The van der Waals surface area contributed by atoms with E-state index in [1.165, 1.54) is 28.7 Å². The monoisotopic (exact) mass is 343 g/mol. The van der Waals surface area contributed by atoms with Crippen LogP contribution in [0.1, 0.15) is 10.4 Å². The Morgan fingerprint density at radius 1 is 1.26 bits per heavy atom. The minimum Gasteiger partial charge on any atom is -0.317 e. The molecule has 114 valence electrons. The van der Waals surface area contributed by atoms with E-state index in [0.717, 1.165) is 14.9 Å². The predicted molar refractivity (Wildman–Crippen MR) is 90.3 cm³/mol. The summed E-state index contributed by atoms with van der Waals surface area (Å²) in [5.74, 6) is -0.663. The Morgan fingerprint density at radius 3 is 2.96 bits per heavy atom. The fourth-order valence-corrected chi connectivity index (χ4v) is 4.15. The highest BCUT2D eigenvalue weighted by molar-refractivity contribution is 7.17. The third kappa shape index (κ3) is 2.38. The Morgan fingerprint density at radius 2 is 2.13 bits per heavy atom. The summed E-state index contributed by atoms with van der Waals surface area (Å²) >= 11 is 2.77. The molecule has 1 amide bonds. The molecule has 7 heteroatoms. The van der Waals surface area contributed by atoms with Crippen LogP contribution >= 0.6 is 22.7 Å². The Kier molecular flexibility index (Phi) is 3.32. The molecule has 0 saturated carbocycles. The number of aryl methyl sites for hydroxylation is 1. The van der Waals surface area contributed by atoms with Crippen LogP contribution in [0.25, 0.3) is 20.4 Å². The van der Waals surface area contributed by atoms with E-state index in [-0.39, 0.29) is 11.7 Å². The van der Waals surface area contributed by atoms with Gasteiger partial charge in [-0.25, -0.2) is 9.37 Å². The summed E-state index contributed by atoms with van der Waals surface area (Å²) < 4.78 is 17.2. The summed E-state index contributed by atoms with van der Waals surface area (Å²) in [7, 11) is 1.71. The number of benzene rings is 2. The van der Waals surface area contributed by atoms with Gasteiger partial charge in [-0.1, -0.05) is 17.4 Å². The van der Waals surface area contributed by atoms with Crippen LogP contribution in [0.5, 0.6) is 0 Å². The molecule has 0 aliphatic heterocycles. The summed E-state index contributed by atoms with van der Waals surface area (Å²) in [6, 6.07) is 10.2. The van der Waals surface area contributed by atoms with Gasteiger partial charge in [0.05, 0.1) is 25.9 Å². The molecule has 0 unspecified atom stereocenters. The van der Waals surface area contributed by atoms with Gasteiger partial charge < -0.3 is 4.57 Å². The first-order chi connectivity index (χ1) is 11.1. The summed E-state index contributed by atoms with van der Waals surface area (Å²) in [6.45, 7) is 0. The van der Waals surface area contributed by atoms with Crippen molar-refractivity contribution in [1.29, 1.82) is 0 Å². The zero-order valence-corrected chi connectivity index (χ0v) is 13.6. The van der Waals surface area contributed by atoms with Crippen molar-refractivity contribution >= 4 is 49.0 Å². The minimum atomic E-state index is -0.345. The molecule has 0 aliphatic carbocycles. The molecule has 4 rings (SSSR count). The molecule has 0 atom stereocenters. The zero-order valence-electron chi connectivity index (χ0n) is 12.0. The largest absolute Gasteiger partial charge is 0.317 e. The summed E-state index contributed by atoms with van der Waals surface area (Å²) in [6.07, 6.45) is 0. The van der Waals surface area contributed by atoms with Crippen molar-refractivity contribution in [1.82, 2.24) is 9.55 Å². The molecule has 4 aromatic rings. The van der Waals surface area contributed by atoms with Crippen molar-refractivity contribution in [2.24, 2.45) is 12.0 Å². The normalized spacial score (nSPS) is 12.3. The molecule has 0 N–H and O–H groups in total. The van der Waals surface area contributed by atoms with E-state index in [1.54, 1.807) is 41.4 Å². The van der Waals surface area contributed by atoms with E-state index in [2.05, 4.69) is 9.98 Å². The average Bonchev–Trinajstić information content (AvgIpc) is 3.12. The average molecular weight is 343 g/mol. The van der Waals surface area contributed by atoms with Crippen LogP contribution < -0.4 is 4.80 Å². The van der Waals surface area contributed by atoms with Crippen molar-refractivity contribution in [3.63, 3.8) is 0 Å². The molecule has 2 aromatic carbocycles. The van der Waals surface area contributed by atoms with Crippen molar-refractivity contribution in [3.8, 4) is 0 Å². The maximum absolute atomic E-state index is 13.9. The van der Waals surface area contributed by atoms with Gasteiger partial charge in [0, 0.05) is 12.6 Å². The maximum atomic E-state index is 13.9. The van der Waals surface area contributed by atoms with E-state index in [1.807, 2.05) is 6.07 Å². The van der Waals surface area contributed by atoms with Gasteiger partial charge in [0.1, 0.15) is 5.82 Å².